The molecule has 0 N–H and O–H groups in total. The van der Waals surface area contributed by atoms with Gasteiger partial charge in [0.15, 0.2) is 5.58 Å². The van der Waals surface area contributed by atoms with Gasteiger partial charge in [-0.25, -0.2) is 0 Å². The van der Waals surface area contributed by atoms with Gasteiger partial charge in [0.2, 0.25) is 0 Å². The molecule has 0 unspecified atom stereocenters. The molecule has 1 aliphatic heterocycles. The highest BCUT2D eigenvalue weighted by Gasteiger charge is 2.26. The van der Waals surface area contributed by atoms with Crippen molar-refractivity contribution in [1.29, 1.82) is 5.26 Å². The third-order valence-electron chi connectivity index (χ3n) is 6.27. The number of hydrogen-bond acceptors (Lipinski definition) is 7. The average molecular weight is 483 g/mol. The molecule has 4 aromatic rings. The van der Waals surface area contributed by atoms with E-state index in [0.717, 1.165) is 24.2 Å². The number of furan rings is 1. The second-order valence-electron chi connectivity index (χ2n) is 9.08. The molecule has 1 fully saturated rings. The minimum absolute atomic E-state index is 0.0996. The van der Waals surface area contributed by atoms with E-state index >= 15 is 0 Å². The van der Waals surface area contributed by atoms with E-state index in [1.54, 1.807) is 39.5 Å². The van der Waals surface area contributed by atoms with Crippen LogP contribution >= 0.6 is 0 Å². The van der Waals surface area contributed by atoms with Crippen molar-refractivity contribution in [3.8, 4) is 40.0 Å². The normalized spacial score (nSPS) is 13.8. The lowest BCUT2D eigenvalue weighted by Gasteiger charge is -2.36. The topological polar surface area (TPSA) is 91.8 Å². The van der Waals surface area contributed by atoms with Crippen LogP contribution in [-0.2, 0) is 0 Å². The van der Waals surface area contributed by atoms with Crippen LogP contribution in [0.25, 0.3) is 33.6 Å². The Balaban J connectivity index is 1.52. The number of ether oxygens (including phenoxy) is 2. The Labute approximate surface area is 209 Å². The maximum absolute atomic E-state index is 12.4. The van der Waals surface area contributed by atoms with E-state index in [0.29, 0.717) is 45.0 Å². The van der Waals surface area contributed by atoms with Crippen LogP contribution in [-0.4, -0.2) is 68.1 Å². The van der Waals surface area contributed by atoms with Crippen molar-refractivity contribution < 1.29 is 18.7 Å². The molecule has 0 radical (unpaired) electrons. The zero-order chi connectivity index (χ0) is 25.4. The van der Waals surface area contributed by atoms with Crippen molar-refractivity contribution in [2.45, 2.75) is 6.10 Å². The van der Waals surface area contributed by atoms with Crippen LogP contribution in [0.5, 0.6) is 11.5 Å². The minimum Gasteiger partial charge on any atom is -0.496 e. The number of rotatable bonds is 6. The maximum Gasteiger partial charge on any atom is 0.253 e. The fraction of sp³-hybridized carbons (Fsp3) is 0.250. The van der Waals surface area contributed by atoms with Crippen LogP contribution < -0.4 is 9.47 Å². The third kappa shape index (κ3) is 4.25. The number of amides is 1. The van der Waals surface area contributed by atoms with E-state index in [1.165, 1.54) is 4.90 Å². The average Bonchev–Trinajstić information content (AvgIpc) is 3.31. The van der Waals surface area contributed by atoms with Gasteiger partial charge in [-0.2, -0.15) is 5.26 Å². The molecule has 1 aliphatic rings. The van der Waals surface area contributed by atoms with Gasteiger partial charge in [-0.3, -0.25) is 14.7 Å². The first-order chi connectivity index (χ1) is 17.4. The van der Waals surface area contributed by atoms with Crippen LogP contribution in [0, 0.1) is 11.3 Å². The molecule has 1 amide bonds. The zero-order valence-electron chi connectivity index (χ0n) is 20.6. The van der Waals surface area contributed by atoms with Gasteiger partial charge in [0.1, 0.15) is 34.9 Å². The Hall–Kier alpha value is -4.35. The van der Waals surface area contributed by atoms with E-state index in [4.69, 9.17) is 13.9 Å². The Morgan fingerprint density at radius 3 is 2.61 bits per heavy atom. The first-order valence-corrected chi connectivity index (χ1v) is 11.6. The van der Waals surface area contributed by atoms with Crippen LogP contribution in [0.15, 0.2) is 59.1 Å². The van der Waals surface area contributed by atoms with Gasteiger partial charge in [0.05, 0.1) is 18.2 Å². The molecule has 3 heterocycles. The van der Waals surface area contributed by atoms with Crippen LogP contribution in [0.2, 0.25) is 0 Å². The third-order valence-corrected chi connectivity index (χ3v) is 6.27. The number of benzene rings is 2. The monoisotopic (exact) mass is 482 g/mol. The number of nitrogens with zero attached hydrogens (tertiary/aromatic N) is 4. The van der Waals surface area contributed by atoms with Crippen molar-refractivity contribution in [2.24, 2.45) is 0 Å². The van der Waals surface area contributed by atoms with Gasteiger partial charge < -0.3 is 18.8 Å². The highest BCUT2D eigenvalue weighted by Crippen LogP contribution is 2.38. The molecule has 8 nitrogen and oxygen atoms in total. The molecular weight excluding hydrogens is 456 g/mol. The van der Waals surface area contributed by atoms with Crippen molar-refractivity contribution in [3.05, 3.63) is 65.9 Å². The molecule has 8 heteroatoms. The fourth-order valence-electron chi connectivity index (χ4n) is 4.37. The molecule has 182 valence electrons. The van der Waals surface area contributed by atoms with E-state index in [9.17, 15) is 10.1 Å². The Kier molecular flexibility index (Phi) is 6.08. The van der Waals surface area contributed by atoms with Gasteiger partial charge in [0.25, 0.3) is 5.91 Å². The summed E-state index contributed by atoms with van der Waals surface area (Å²) in [5.41, 5.74) is 4.63. The highest BCUT2D eigenvalue weighted by atomic mass is 16.5. The van der Waals surface area contributed by atoms with E-state index in [-0.39, 0.29) is 12.0 Å². The molecule has 2 aromatic heterocycles. The summed E-state index contributed by atoms with van der Waals surface area (Å²) in [4.78, 5) is 20.5. The summed E-state index contributed by atoms with van der Waals surface area (Å²) in [6, 6.07) is 16.8. The smallest absolute Gasteiger partial charge is 0.253 e. The van der Waals surface area contributed by atoms with Gasteiger partial charge in [0, 0.05) is 50.6 Å². The lowest BCUT2D eigenvalue weighted by atomic mass is 10.0. The summed E-state index contributed by atoms with van der Waals surface area (Å²) >= 11 is 0. The van der Waals surface area contributed by atoms with Gasteiger partial charge in [-0.05, 0) is 49.0 Å². The maximum atomic E-state index is 12.4. The minimum atomic E-state index is -0.113. The number of methoxy groups -OCH3 is 1. The van der Waals surface area contributed by atoms with Crippen molar-refractivity contribution in [1.82, 2.24) is 14.8 Å². The number of carbonyl (C=O) groups is 1. The lowest BCUT2D eigenvalue weighted by Crippen LogP contribution is -2.51. The Morgan fingerprint density at radius 1 is 1.11 bits per heavy atom. The number of carbonyl (C=O) groups excluding carboxylic acids is 1. The molecular formula is C28H26N4O4. The predicted octanol–water partition coefficient (Wildman–Crippen LogP) is 4.44. The molecule has 0 spiro atoms. The van der Waals surface area contributed by atoms with Crippen molar-refractivity contribution in [2.75, 3.05) is 41.3 Å². The van der Waals surface area contributed by atoms with Gasteiger partial charge in [-0.1, -0.05) is 6.07 Å². The van der Waals surface area contributed by atoms with E-state index in [2.05, 4.69) is 16.0 Å². The summed E-state index contributed by atoms with van der Waals surface area (Å²) in [7, 11) is 7.01. The van der Waals surface area contributed by atoms with Crippen LogP contribution in [0.4, 0.5) is 0 Å². The number of nitriles is 1. The Bertz CT molecular complexity index is 1500. The molecule has 0 bridgehead atoms. The highest BCUT2D eigenvalue weighted by molar-refractivity contribution is 5.96. The Morgan fingerprint density at radius 2 is 1.92 bits per heavy atom. The number of fused-ring (bicyclic) bond motifs is 1. The number of aromatic nitrogens is 1. The second kappa shape index (κ2) is 9.36. The number of likely N-dealkylation sites (tertiary alicyclic amines) is 1. The van der Waals surface area contributed by atoms with Crippen LogP contribution in [0.1, 0.15) is 15.9 Å². The lowest BCUT2D eigenvalue weighted by molar-refractivity contribution is 0.0386. The quantitative estimate of drug-likeness (QED) is 0.401. The molecule has 1 saturated heterocycles. The van der Waals surface area contributed by atoms with Gasteiger partial charge in [-0.15, -0.1) is 0 Å². The molecule has 5 rings (SSSR count). The molecule has 0 atom stereocenters. The number of hydrogen-bond donors (Lipinski definition) is 0. The molecule has 2 aromatic carbocycles. The molecule has 0 aliphatic carbocycles. The first-order valence-electron chi connectivity index (χ1n) is 11.6. The van der Waals surface area contributed by atoms with Gasteiger partial charge >= 0.3 is 0 Å². The summed E-state index contributed by atoms with van der Waals surface area (Å²) < 4.78 is 17.9. The summed E-state index contributed by atoms with van der Waals surface area (Å²) in [6.45, 7) is 1.70. The first kappa shape index (κ1) is 23.4. The predicted molar refractivity (Wildman–Crippen MR) is 136 cm³/mol. The SMILES string of the molecule is COc1cc(C(=O)N(C)C)ccc1-c1cc2nccc(-c3ccc(OC4CN(C)C4)c(C#N)c3)c2o1. The molecule has 36 heavy (non-hydrogen) atoms. The summed E-state index contributed by atoms with van der Waals surface area (Å²) in [5.74, 6) is 1.57. The summed E-state index contributed by atoms with van der Waals surface area (Å²) in [6.07, 6.45) is 1.82. The van der Waals surface area contributed by atoms with Crippen molar-refractivity contribution in [3.63, 3.8) is 0 Å². The number of pyridine rings is 1. The second-order valence-corrected chi connectivity index (χ2v) is 9.08. The van der Waals surface area contributed by atoms with E-state index < -0.39 is 0 Å². The number of likely N-dealkylation sites (N-methyl/N-ethyl adjacent to an activating group) is 1. The molecule has 0 saturated carbocycles. The van der Waals surface area contributed by atoms with Crippen molar-refractivity contribution >= 4 is 17.0 Å². The fourth-order valence-corrected chi connectivity index (χ4v) is 4.37. The zero-order valence-corrected chi connectivity index (χ0v) is 20.6. The standard InChI is InChI=1S/C28H26N4O4/c1-31(2)28(33)18-5-7-22(25(12-18)34-4)26-13-23-27(36-26)21(9-10-30-23)17-6-8-24(19(11-17)14-29)35-20-15-32(3)16-20/h5-13,20H,15-16H2,1-4H3. The summed E-state index contributed by atoms with van der Waals surface area (Å²) in [5, 5.41) is 9.75. The van der Waals surface area contributed by atoms with E-state index in [1.807, 2.05) is 43.4 Å². The van der Waals surface area contributed by atoms with Crippen LogP contribution in [0.3, 0.4) is 0 Å². The largest absolute Gasteiger partial charge is 0.496 e.